The van der Waals surface area contributed by atoms with Gasteiger partial charge in [-0.05, 0) is 25.1 Å². The third-order valence-corrected chi connectivity index (χ3v) is 2.79. The zero-order valence-electron chi connectivity index (χ0n) is 10.7. The third-order valence-electron chi connectivity index (χ3n) is 2.79. The maximum Gasteiger partial charge on any atom is 0.274 e. The summed E-state index contributed by atoms with van der Waals surface area (Å²) >= 11 is 0. The van der Waals surface area contributed by atoms with Crippen LogP contribution in [0, 0.1) is 17.0 Å². The second-order valence-electron chi connectivity index (χ2n) is 4.13. The Labute approximate surface area is 114 Å². The van der Waals surface area contributed by atoms with Gasteiger partial charge >= 0.3 is 0 Å². The number of nitrogens with one attached hydrogen (secondary N) is 1. The highest BCUT2D eigenvalue weighted by atomic mass is 16.6. The van der Waals surface area contributed by atoms with Crippen molar-refractivity contribution in [2.75, 3.05) is 11.1 Å². The van der Waals surface area contributed by atoms with Crippen molar-refractivity contribution < 1.29 is 9.72 Å². The molecule has 1 aromatic carbocycles. The number of nitro benzene ring substituents is 1. The summed E-state index contributed by atoms with van der Waals surface area (Å²) in [6.07, 6.45) is 1.42. The molecule has 0 saturated carbocycles. The molecular formula is C13H12N4O3. The summed E-state index contributed by atoms with van der Waals surface area (Å²) in [5.41, 5.74) is 6.58. The number of anilines is 2. The third kappa shape index (κ3) is 2.72. The normalized spacial score (nSPS) is 10.1. The highest BCUT2D eigenvalue weighted by Crippen LogP contribution is 2.25. The molecule has 0 saturated heterocycles. The van der Waals surface area contributed by atoms with E-state index in [2.05, 4.69) is 10.3 Å². The molecule has 102 valence electrons. The quantitative estimate of drug-likeness (QED) is 0.656. The number of hydrogen-bond acceptors (Lipinski definition) is 5. The molecule has 7 nitrogen and oxygen atoms in total. The van der Waals surface area contributed by atoms with Crippen molar-refractivity contribution in [3.05, 3.63) is 57.8 Å². The molecule has 0 aliphatic rings. The van der Waals surface area contributed by atoms with Crippen LogP contribution < -0.4 is 11.1 Å². The molecule has 0 aliphatic heterocycles. The fraction of sp³-hybridized carbons (Fsp3) is 0.0769. The zero-order chi connectivity index (χ0) is 14.7. The van der Waals surface area contributed by atoms with Crippen LogP contribution in [0.3, 0.4) is 0 Å². The molecule has 7 heteroatoms. The fourth-order valence-corrected chi connectivity index (χ4v) is 1.74. The number of benzene rings is 1. The van der Waals surface area contributed by atoms with Gasteiger partial charge in [-0.25, -0.2) is 4.98 Å². The molecule has 0 bridgehead atoms. The maximum atomic E-state index is 12.0. The monoisotopic (exact) mass is 272 g/mol. The lowest BCUT2D eigenvalue weighted by Gasteiger charge is -2.08. The Morgan fingerprint density at radius 1 is 1.40 bits per heavy atom. The Bertz CT molecular complexity index is 685. The lowest BCUT2D eigenvalue weighted by atomic mass is 10.1. The van der Waals surface area contributed by atoms with Crippen LogP contribution in [-0.4, -0.2) is 15.8 Å². The number of nitro groups is 1. The SMILES string of the molecule is Cc1c(NC(=O)c2ccnc(N)c2)cccc1[N+](=O)[O-]. The van der Waals surface area contributed by atoms with Gasteiger partial charge in [0.05, 0.1) is 16.2 Å². The highest BCUT2D eigenvalue weighted by molar-refractivity contribution is 6.05. The number of nitrogen functional groups attached to an aromatic ring is 1. The molecule has 0 radical (unpaired) electrons. The first kappa shape index (κ1) is 13.5. The summed E-state index contributed by atoms with van der Waals surface area (Å²) in [5, 5.41) is 13.5. The zero-order valence-corrected chi connectivity index (χ0v) is 10.7. The van der Waals surface area contributed by atoms with Crippen molar-refractivity contribution in [2.24, 2.45) is 0 Å². The molecule has 0 aliphatic carbocycles. The van der Waals surface area contributed by atoms with Gasteiger partial charge in [0.2, 0.25) is 0 Å². The van der Waals surface area contributed by atoms with Crippen molar-refractivity contribution in [1.29, 1.82) is 0 Å². The minimum Gasteiger partial charge on any atom is -0.384 e. The lowest BCUT2D eigenvalue weighted by molar-refractivity contribution is -0.385. The number of rotatable bonds is 3. The highest BCUT2D eigenvalue weighted by Gasteiger charge is 2.15. The summed E-state index contributed by atoms with van der Waals surface area (Å²) in [6.45, 7) is 1.58. The van der Waals surface area contributed by atoms with Gasteiger partial charge in [-0.3, -0.25) is 14.9 Å². The fourth-order valence-electron chi connectivity index (χ4n) is 1.74. The number of aromatic nitrogens is 1. The van der Waals surface area contributed by atoms with Crippen molar-refractivity contribution in [1.82, 2.24) is 4.98 Å². The van der Waals surface area contributed by atoms with Crippen LogP contribution in [0.15, 0.2) is 36.5 Å². The van der Waals surface area contributed by atoms with E-state index in [4.69, 9.17) is 5.73 Å². The molecule has 1 amide bonds. The second kappa shape index (κ2) is 5.35. The first-order valence-corrected chi connectivity index (χ1v) is 5.76. The Kier molecular flexibility index (Phi) is 3.60. The Hall–Kier alpha value is -2.96. The Balaban J connectivity index is 2.29. The largest absolute Gasteiger partial charge is 0.384 e. The molecule has 0 fully saturated rings. The number of hydrogen-bond donors (Lipinski definition) is 2. The second-order valence-corrected chi connectivity index (χ2v) is 4.13. The molecule has 0 spiro atoms. The van der Waals surface area contributed by atoms with Crippen LogP contribution in [0.5, 0.6) is 0 Å². The smallest absolute Gasteiger partial charge is 0.274 e. The number of pyridine rings is 1. The van der Waals surface area contributed by atoms with E-state index in [1.54, 1.807) is 13.0 Å². The number of carbonyl (C=O) groups excluding carboxylic acids is 1. The van der Waals surface area contributed by atoms with Gasteiger partial charge in [-0.1, -0.05) is 6.07 Å². The molecule has 20 heavy (non-hydrogen) atoms. The topological polar surface area (TPSA) is 111 Å². The average molecular weight is 272 g/mol. The van der Waals surface area contributed by atoms with E-state index in [-0.39, 0.29) is 11.5 Å². The number of nitrogens with two attached hydrogens (primary N) is 1. The van der Waals surface area contributed by atoms with Gasteiger partial charge < -0.3 is 11.1 Å². The summed E-state index contributed by atoms with van der Waals surface area (Å²) in [5.74, 6) is -0.170. The maximum absolute atomic E-state index is 12.0. The van der Waals surface area contributed by atoms with Crippen molar-refractivity contribution in [2.45, 2.75) is 6.92 Å². The predicted molar refractivity (Wildman–Crippen MR) is 74.4 cm³/mol. The summed E-state index contributed by atoms with van der Waals surface area (Å²) in [7, 11) is 0. The molecule has 0 unspecified atom stereocenters. The number of nitrogens with zero attached hydrogens (tertiary/aromatic N) is 2. The minimum absolute atomic E-state index is 0.0444. The molecule has 2 aromatic rings. The van der Waals surface area contributed by atoms with Crippen molar-refractivity contribution in [3.8, 4) is 0 Å². The van der Waals surface area contributed by atoms with E-state index in [1.165, 1.54) is 30.5 Å². The molecule has 1 heterocycles. The van der Waals surface area contributed by atoms with E-state index in [0.29, 0.717) is 16.8 Å². The number of carbonyl (C=O) groups is 1. The molecule has 3 N–H and O–H groups in total. The van der Waals surface area contributed by atoms with E-state index in [9.17, 15) is 14.9 Å². The van der Waals surface area contributed by atoms with Crippen LogP contribution >= 0.6 is 0 Å². The van der Waals surface area contributed by atoms with Gasteiger partial charge in [-0.15, -0.1) is 0 Å². The van der Waals surface area contributed by atoms with Crippen LogP contribution in [0.1, 0.15) is 15.9 Å². The number of amides is 1. The van der Waals surface area contributed by atoms with Crippen LogP contribution in [-0.2, 0) is 0 Å². The van der Waals surface area contributed by atoms with Crippen LogP contribution in [0.4, 0.5) is 17.2 Å². The summed E-state index contributed by atoms with van der Waals surface area (Å²) in [6, 6.07) is 7.45. The van der Waals surface area contributed by atoms with Gasteiger partial charge in [0.1, 0.15) is 5.82 Å². The summed E-state index contributed by atoms with van der Waals surface area (Å²) < 4.78 is 0. The van der Waals surface area contributed by atoms with E-state index < -0.39 is 10.8 Å². The average Bonchev–Trinajstić information content (AvgIpc) is 2.40. The van der Waals surface area contributed by atoms with Gasteiger partial charge in [0.15, 0.2) is 0 Å². The summed E-state index contributed by atoms with van der Waals surface area (Å²) in [4.78, 5) is 26.2. The molecule has 0 atom stereocenters. The molecular weight excluding hydrogens is 260 g/mol. The first-order valence-electron chi connectivity index (χ1n) is 5.76. The molecule has 2 rings (SSSR count). The lowest BCUT2D eigenvalue weighted by Crippen LogP contribution is -2.13. The predicted octanol–water partition coefficient (Wildman–Crippen LogP) is 2.13. The van der Waals surface area contributed by atoms with E-state index in [0.717, 1.165) is 0 Å². The Morgan fingerprint density at radius 3 is 2.80 bits per heavy atom. The first-order chi connectivity index (χ1) is 9.49. The van der Waals surface area contributed by atoms with Crippen LogP contribution in [0.25, 0.3) is 0 Å². The van der Waals surface area contributed by atoms with E-state index in [1.807, 2.05) is 0 Å². The van der Waals surface area contributed by atoms with E-state index >= 15 is 0 Å². The van der Waals surface area contributed by atoms with Crippen molar-refractivity contribution in [3.63, 3.8) is 0 Å². The van der Waals surface area contributed by atoms with Gasteiger partial charge in [0, 0.05) is 17.8 Å². The standard InChI is InChI=1S/C13H12N4O3/c1-8-10(3-2-4-11(8)17(19)20)16-13(18)9-5-6-15-12(14)7-9/h2-7H,1H3,(H2,14,15)(H,16,18). The molecule has 1 aromatic heterocycles. The van der Waals surface area contributed by atoms with Crippen molar-refractivity contribution >= 4 is 23.1 Å². The minimum atomic E-state index is -0.491. The van der Waals surface area contributed by atoms with Crippen LogP contribution in [0.2, 0.25) is 0 Å². The Morgan fingerprint density at radius 2 is 2.15 bits per heavy atom. The van der Waals surface area contributed by atoms with Gasteiger partial charge in [0.25, 0.3) is 11.6 Å². The van der Waals surface area contributed by atoms with Gasteiger partial charge in [-0.2, -0.15) is 0 Å².